The topological polar surface area (TPSA) is 74.4 Å². The van der Waals surface area contributed by atoms with Crippen LogP contribution in [0, 0.1) is 5.92 Å². The van der Waals surface area contributed by atoms with Gasteiger partial charge in [0.25, 0.3) is 0 Å². The highest BCUT2D eigenvalue weighted by Gasteiger charge is 2.19. The van der Waals surface area contributed by atoms with Crippen molar-refractivity contribution in [2.45, 2.75) is 26.9 Å². The third-order valence-electron chi connectivity index (χ3n) is 2.88. The summed E-state index contributed by atoms with van der Waals surface area (Å²) in [5.41, 5.74) is 7.22. The number of rotatable bonds is 6. The number of aromatic nitrogens is 1. The van der Waals surface area contributed by atoms with Gasteiger partial charge in [0.2, 0.25) is 0 Å². The van der Waals surface area contributed by atoms with E-state index in [1.54, 1.807) is 13.0 Å². The van der Waals surface area contributed by atoms with Crippen LogP contribution in [0.25, 0.3) is 11.3 Å². The second-order valence-corrected chi connectivity index (χ2v) is 6.24. The largest absolute Gasteiger partial charge is 0.478 e. The average Bonchev–Trinajstić information content (AvgIpc) is 2.91. The molecule has 0 amide bonds. The van der Waals surface area contributed by atoms with Crippen LogP contribution in [0.4, 0.5) is 5.13 Å². The number of para-hydroxylation sites is 1. The Morgan fingerprint density at radius 3 is 2.68 bits per heavy atom. The molecule has 2 N–H and O–H groups in total. The molecule has 0 bridgehead atoms. The third-order valence-corrected chi connectivity index (χ3v) is 3.55. The number of nitrogen functional groups attached to an aromatic ring is 1. The number of anilines is 1. The minimum Gasteiger partial charge on any atom is -0.478 e. The van der Waals surface area contributed by atoms with Gasteiger partial charge in [-0.15, -0.1) is 11.3 Å². The van der Waals surface area contributed by atoms with Crippen molar-refractivity contribution >= 4 is 22.4 Å². The van der Waals surface area contributed by atoms with Crippen LogP contribution < -0.4 is 10.5 Å². The molecule has 0 aliphatic heterocycles. The van der Waals surface area contributed by atoms with E-state index in [9.17, 15) is 4.79 Å². The number of nitrogens with two attached hydrogens (primary N) is 1. The second-order valence-electron chi connectivity index (χ2n) is 5.35. The molecule has 0 radical (unpaired) electrons. The predicted molar refractivity (Wildman–Crippen MR) is 87.8 cm³/mol. The second kappa shape index (κ2) is 7.26. The van der Waals surface area contributed by atoms with Crippen molar-refractivity contribution in [3.63, 3.8) is 0 Å². The quantitative estimate of drug-likeness (QED) is 0.826. The maximum absolute atomic E-state index is 11.9. The molecule has 1 heterocycles. The lowest BCUT2D eigenvalue weighted by Gasteiger charge is -2.16. The Bertz CT molecular complexity index is 640. The number of benzene rings is 1. The Hall–Kier alpha value is -2.08. The summed E-state index contributed by atoms with van der Waals surface area (Å²) in [5.74, 6) is 0.504. The zero-order valence-electron chi connectivity index (χ0n) is 12.9. The molecule has 0 saturated heterocycles. The number of hydrogen-bond donors (Lipinski definition) is 1. The van der Waals surface area contributed by atoms with Crippen LogP contribution in [0.2, 0.25) is 0 Å². The summed E-state index contributed by atoms with van der Waals surface area (Å²) in [7, 11) is 0. The van der Waals surface area contributed by atoms with Gasteiger partial charge in [-0.05, 0) is 25.0 Å². The summed E-state index contributed by atoms with van der Waals surface area (Å²) in [5, 5.41) is 2.36. The number of esters is 1. The van der Waals surface area contributed by atoms with Crippen LogP contribution in [0.3, 0.4) is 0 Å². The summed E-state index contributed by atoms with van der Waals surface area (Å²) >= 11 is 1.36. The monoisotopic (exact) mass is 320 g/mol. The number of ether oxygens (including phenoxy) is 2. The van der Waals surface area contributed by atoms with E-state index in [1.807, 2.05) is 37.4 Å². The van der Waals surface area contributed by atoms with E-state index in [4.69, 9.17) is 15.2 Å². The van der Waals surface area contributed by atoms with E-state index in [2.05, 4.69) is 4.98 Å². The summed E-state index contributed by atoms with van der Waals surface area (Å²) in [6, 6.07) is 7.42. The van der Waals surface area contributed by atoms with Crippen LogP contribution in [-0.2, 0) is 9.53 Å². The zero-order valence-corrected chi connectivity index (χ0v) is 13.7. The Morgan fingerprint density at radius 2 is 2.05 bits per heavy atom. The molecule has 0 fully saturated rings. The molecule has 1 aromatic heterocycles. The zero-order chi connectivity index (χ0) is 16.1. The van der Waals surface area contributed by atoms with Crippen LogP contribution >= 0.6 is 11.3 Å². The van der Waals surface area contributed by atoms with Crippen molar-refractivity contribution < 1.29 is 14.3 Å². The molecule has 1 aromatic carbocycles. The van der Waals surface area contributed by atoms with E-state index in [-0.39, 0.29) is 5.97 Å². The fourth-order valence-electron chi connectivity index (χ4n) is 1.80. The highest BCUT2D eigenvalue weighted by Crippen LogP contribution is 2.31. The van der Waals surface area contributed by atoms with E-state index >= 15 is 0 Å². The molecule has 22 heavy (non-hydrogen) atoms. The van der Waals surface area contributed by atoms with Gasteiger partial charge in [-0.25, -0.2) is 9.78 Å². The van der Waals surface area contributed by atoms with Gasteiger partial charge in [0, 0.05) is 10.9 Å². The normalized spacial score (nSPS) is 12.2. The third kappa shape index (κ3) is 4.21. The molecular weight excluding hydrogens is 300 g/mol. The van der Waals surface area contributed by atoms with Gasteiger partial charge >= 0.3 is 5.97 Å². The molecule has 0 aliphatic carbocycles. The molecule has 0 aliphatic rings. The smallest absolute Gasteiger partial charge is 0.347 e. The molecule has 2 rings (SSSR count). The minimum atomic E-state index is -0.684. The Kier molecular flexibility index (Phi) is 5.38. The van der Waals surface area contributed by atoms with Gasteiger partial charge in [0.1, 0.15) is 5.75 Å². The lowest BCUT2D eigenvalue weighted by Crippen LogP contribution is -2.27. The SMILES string of the molecule is CC(C)COC(=O)C(C)Oc1ccccc1-c1csc(N)n1. The predicted octanol–water partition coefficient (Wildman–Crippen LogP) is 3.36. The molecule has 118 valence electrons. The van der Waals surface area contributed by atoms with E-state index in [0.717, 1.165) is 11.3 Å². The van der Waals surface area contributed by atoms with Crippen molar-refractivity contribution in [3.8, 4) is 17.0 Å². The maximum Gasteiger partial charge on any atom is 0.347 e. The fraction of sp³-hybridized carbons (Fsp3) is 0.375. The molecule has 5 nitrogen and oxygen atoms in total. The van der Waals surface area contributed by atoms with Crippen LogP contribution in [-0.4, -0.2) is 23.7 Å². The van der Waals surface area contributed by atoms with Gasteiger partial charge < -0.3 is 15.2 Å². The highest BCUT2D eigenvalue weighted by atomic mass is 32.1. The molecule has 6 heteroatoms. The molecule has 0 saturated carbocycles. The first-order chi connectivity index (χ1) is 10.5. The van der Waals surface area contributed by atoms with Crippen LogP contribution in [0.5, 0.6) is 5.75 Å². The van der Waals surface area contributed by atoms with Crippen molar-refractivity contribution in [2.24, 2.45) is 5.92 Å². The van der Waals surface area contributed by atoms with Gasteiger partial charge in [-0.2, -0.15) is 0 Å². The number of nitrogens with zero attached hydrogens (tertiary/aromatic N) is 1. The van der Waals surface area contributed by atoms with Gasteiger partial charge in [-0.1, -0.05) is 26.0 Å². The lowest BCUT2D eigenvalue weighted by atomic mass is 10.1. The van der Waals surface area contributed by atoms with Gasteiger partial charge in [0.15, 0.2) is 11.2 Å². The molecule has 1 unspecified atom stereocenters. The standard InChI is InChI=1S/C16H20N2O3S/c1-10(2)8-20-15(19)11(3)21-14-7-5-4-6-12(14)13-9-22-16(17)18-13/h4-7,9-11H,8H2,1-3H3,(H2,17,18). The summed E-state index contributed by atoms with van der Waals surface area (Å²) in [6.07, 6.45) is -0.684. The van der Waals surface area contributed by atoms with E-state index in [1.165, 1.54) is 11.3 Å². The van der Waals surface area contributed by atoms with Gasteiger partial charge in [-0.3, -0.25) is 0 Å². The Morgan fingerprint density at radius 1 is 1.32 bits per heavy atom. The van der Waals surface area contributed by atoms with Crippen molar-refractivity contribution in [2.75, 3.05) is 12.3 Å². The number of hydrogen-bond acceptors (Lipinski definition) is 6. The summed E-state index contributed by atoms with van der Waals surface area (Å²) in [4.78, 5) is 16.2. The molecule has 2 aromatic rings. The highest BCUT2D eigenvalue weighted by molar-refractivity contribution is 7.13. The van der Waals surface area contributed by atoms with Crippen molar-refractivity contribution in [1.29, 1.82) is 0 Å². The summed E-state index contributed by atoms with van der Waals surface area (Å²) < 4.78 is 10.9. The minimum absolute atomic E-state index is 0.293. The van der Waals surface area contributed by atoms with Gasteiger partial charge in [0.05, 0.1) is 12.3 Å². The lowest BCUT2D eigenvalue weighted by molar-refractivity contribution is -0.152. The summed E-state index contributed by atoms with van der Waals surface area (Å²) in [6.45, 7) is 6.03. The fourth-order valence-corrected chi connectivity index (χ4v) is 2.36. The van der Waals surface area contributed by atoms with Crippen molar-refractivity contribution in [3.05, 3.63) is 29.6 Å². The first-order valence-corrected chi connectivity index (χ1v) is 7.99. The Balaban J connectivity index is 2.11. The number of thiazole rings is 1. The molecule has 0 spiro atoms. The molecular formula is C16H20N2O3S. The maximum atomic E-state index is 11.9. The average molecular weight is 320 g/mol. The van der Waals surface area contributed by atoms with Crippen molar-refractivity contribution in [1.82, 2.24) is 4.98 Å². The number of carbonyl (C=O) groups is 1. The first kappa shape index (κ1) is 16.3. The molecule has 1 atom stereocenters. The number of carbonyl (C=O) groups excluding carboxylic acids is 1. The van der Waals surface area contributed by atoms with Crippen LogP contribution in [0.1, 0.15) is 20.8 Å². The first-order valence-electron chi connectivity index (χ1n) is 7.11. The van der Waals surface area contributed by atoms with Crippen LogP contribution in [0.15, 0.2) is 29.6 Å². The van der Waals surface area contributed by atoms with E-state index < -0.39 is 6.10 Å². The Labute approximate surface area is 134 Å². The van der Waals surface area contributed by atoms with E-state index in [0.29, 0.717) is 23.4 Å².